The number of nitrogens with zero attached hydrogens (tertiary/aromatic N) is 3. The van der Waals surface area contributed by atoms with Gasteiger partial charge in [-0.15, -0.1) is 0 Å². The first kappa shape index (κ1) is 12.9. The summed E-state index contributed by atoms with van der Waals surface area (Å²) in [5, 5.41) is 17.5. The van der Waals surface area contributed by atoms with Crippen LogP contribution in [0.25, 0.3) is 0 Å². The molecule has 1 heterocycles. The minimum Gasteiger partial charge on any atom is -0.396 e. The summed E-state index contributed by atoms with van der Waals surface area (Å²) in [5.74, 6) is 0.807. The number of hydrogen-bond donors (Lipinski definition) is 2. The van der Waals surface area contributed by atoms with E-state index in [0.717, 1.165) is 31.6 Å². The largest absolute Gasteiger partial charge is 0.396 e. The van der Waals surface area contributed by atoms with Gasteiger partial charge in [-0.3, -0.25) is 4.98 Å². The second-order valence-electron chi connectivity index (χ2n) is 3.73. The molecule has 90 valence electrons. The van der Waals surface area contributed by atoms with Crippen LogP contribution in [0.1, 0.15) is 25.0 Å². The Balaban J connectivity index is 2.37. The van der Waals surface area contributed by atoms with Crippen LogP contribution in [0.4, 0.5) is 5.82 Å². The van der Waals surface area contributed by atoms with Gasteiger partial charge in [-0.05, 0) is 19.3 Å². The van der Waals surface area contributed by atoms with E-state index in [2.05, 4.69) is 9.97 Å². The monoisotopic (exact) mass is 225 g/mol. The lowest BCUT2D eigenvalue weighted by Gasteiger charge is -2.17. The van der Waals surface area contributed by atoms with E-state index in [4.69, 9.17) is 10.2 Å². The fourth-order valence-electron chi connectivity index (χ4n) is 1.38. The minimum atomic E-state index is -0.0759. The van der Waals surface area contributed by atoms with Crippen LogP contribution in [0, 0.1) is 0 Å². The second kappa shape index (κ2) is 7.14. The highest BCUT2D eigenvalue weighted by Crippen LogP contribution is 2.08. The summed E-state index contributed by atoms with van der Waals surface area (Å²) in [4.78, 5) is 10.3. The van der Waals surface area contributed by atoms with E-state index in [0.29, 0.717) is 5.69 Å². The molecule has 1 rings (SSSR count). The van der Waals surface area contributed by atoms with Crippen molar-refractivity contribution >= 4 is 5.82 Å². The third kappa shape index (κ3) is 4.12. The van der Waals surface area contributed by atoms with Crippen LogP contribution >= 0.6 is 0 Å². The summed E-state index contributed by atoms with van der Waals surface area (Å²) in [6.07, 6.45) is 6.14. The molecule has 0 atom stereocenters. The number of unbranched alkanes of at least 4 members (excludes halogenated alkanes) is 2. The average molecular weight is 225 g/mol. The topological polar surface area (TPSA) is 69.5 Å². The first-order chi connectivity index (χ1) is 7.77. The maximum atomic E-state index is 8.83. The minimum absolute atomic E-state index is 0.0759. The predicted octanol–water partition coefficient (Wildman–Crippen LogP) is 0.568. The summed E-state index contributed by atoms with van der Waals surface area (Å²) in [5.41, 5.74) is 0.581. The fourth-order valence-corrected chi connectivity index (χ4v) is 1.38. The van der Waals surface area contributed by atoms with Crippen molar-refractivity contribution in [2.75, 3.05) is 25.1 Å². The van der Waals surface area contributed by atoms with Gasteiger partial charge in [0.15, 0.2) is 0 Å². The Hall–Kier alpha value is -1.20. The van der Waals surface area contributed by atoms with Crippen molar-refractivity contribution in [1.29, 1.82) is 0 Å². The van der Waals surface area contributed by atoms with E-state index in [1.165, 1.54) is 0 Å². The van der Waals surface area contributed by atoms with Crippen LogP contribution in [0.5, 0.6) is 0 Å². The van der Waals surface area contributed by atoms with E-state index in [-0.39, 0.29) is 13.2 Å². The summed E-state index contributed by atoms with van der Waals surface area (Å²) in [6.45, 7) is 1.08. The van der Waals surface area contributed by atoms with E-state index in [1.54, 1.807) is 12.4 Å². The molecule has 2 N–H and O–H groups in total. The summed E-state index contributed by atoms with van der Waals surface area (Å²) < 4.78 is 0. The lowest BCUT2D eigenvalue weighted by molar-refractivity contribution is 0.276. The first-order valence-corrected chi connectivity index (χ1v) is 5.51. The number of rotatable bonds is 7. The summed E-state index contributed by atoms with van der Waals surface area (Å²) in [7, 11) is 1.96. The highest BCUT2D eigenvalue weighted by molar-refractivity contribution is 5.34. The van der Waals surface area contributed by atoms with E-state index in [1.807, 2.05) is 11.9 Å². The zero-order valence-electron chi connectivity index (χ0n) is 9.63. The Kier molecular flexibility index (Phi) is 5.74. The molecule has 5 heteroatoms. The Morgan fingerprint density at radius 2 is 1.94 bits per heavy atom. The normalized spacial score (nSPS) is 10.4. The lowest BCUT2D eigenvalue weighted by Crippen LogP contribution is -2.20. The molecule has 0 saturated heterocycles. The maximum absolute atomic E-state index is 8.83. The van der Waals surface area contributed by atoms with Crippen molar-refractivity contribution in [1.82, 2.24) is 9.97 Å². The lowest BCUT2D eigenvalue weighted by atomic mass is 10.2. The predicted molar refractivity (Wildman–Crippen MR) is 62.2 cm³/mol. The molecule has 0 bridgehead atoms. The van der Waals surface area contributed by atoms with Gasteiger partial charge in [0.05, 0.1) is 24.7 Å². The first-order valence-electron chi connectivity index (χ1n) is 5.51. The maximum Gasteiger partial charge on any atom is 0.146 e. The molecule has 1 aromatic heterocycles. The van der Waals surface area contributed by atoms with Crippen LogP contribution < -0.4 is 4.90 Å². The van der Waals surface area contributed by atoms with Crippen molar-refractivity contribution in [3.8, 4) is 0 Å². The van der Waals surface area contributed by atoms with Gasteiger partial charge < -0.3 is 15.1 Å². The second-order valence-corrected chi connectivity index (χ2v) is 3.73. The van der Waals surface area contributed by atoms with Crippen molar-refractivity contribution in [2.24, 2.45) is 0 Å². The van der Waals surface area contributed by atoms with Gasteiger partial charge >= 0.3 is 0 Å². The van der Waals surface area contributed by atoms with Gasteiger partial charge in [-0.1, -0.05) is 0 Å². The highest BCUT2D eigenvalue weighted by Gasteiger charge is 2.02. The average Bonchev–Trinajstić information content (AvgIpc) is 2.34. The molecule has 0 aliphatic rings. The van der Waals surface area contributed by atoms with Crippen molar-refractivity contribution in [3.63, 3.8) is 0 Å². The quantitative estimate of drug-likeness (QED) is 0.664. The zero-order valence-corrected chi connectivity index (χ0v) is 9.63. The third-order valence-corrected chi connectivity index (χ3v) is 2.40. The molecule has 0 radical (unpaired) electrons. The molecule has 0 aliphatic carbocycles. The van der Waals surface area contributed by atoms with Gasteiger partial charge in [0, 0.05) is 20.2 Å². The van der Waals surface area contributed by atoms with Crippen molar-refractivity contribution in [3.05, 3.63) is 18.1 Å². The molecule has 1 aromatic rings. The Bertz CT molecular complexity index is 290. The number of aromatic nitrogens is 2. The number of aliphatic hydroxyl groups excluding tert-OH is 2. The SMILES string of the molecule is CN(CCCCCO)c1cnc(CO)cn1. The molecule has 0 unspecified atom stereocenters. The van der Waals surface area contributed by atoms with E-state index >= 15 is 0 Å². The molecule has 5 nitrogen and oxygen atoms in total. The standard InChI is InChI=1S/C11H19N3O2/c1-14(5-3-2-4-6-15)11-8-12-10(9-16)7-13-11/h7-8,15-16H,2-6,9H2,1H3. The Morgan fingerprint density at radius 3 is 2.50 bits per heavy atom. The van der Waals surface area contributed by atoms with E-state index in [9.17, 15) is 0 Å². The Labute approximate surface area is 95.8 Å². The van der Waals surface area contributed by atoms with Crippen molar-refractivity contribution in [2.45, 2.75) is 25.9 Å². The molecule has 0 saturated carbocycles. The van der Waals surface area contributed by atoms with Crippen LogP contribution in [-0.2, 0) is 6.61 Å². The molecule has 0 aromatic carbocycles. The molecule has 0 amide bonds. The molecule has 0 fully saturated rings. The number of hydrogen-bond acceptors (Lipinski definition) is 5. The zero-order chi connectivity index (χ0) is 11.8. The van der Waals surface area contributed by atoms with Crippen LogP contribution in [0.3, 0.4) is 0 Å². The van der Waals surface area contributed by atoms with Gasteiger partial charge in [0.2, 0.25) is 0 Å². The van der Waals surface area contributed by atoms with Crippen LogP contribution in [0.15, 0.2) is 12.4 Å². The third-order valence-electron chi connectivity index (χ3n) is 2.40. The molecular weight excluding hydrogens is 206 g/mol. The van der Waals surface area contributed by atoms with Gasteiger partial charge in [0.25, 0.3) is 0 Å². The molecular formula is C11H19N3O2. The molecule has 0 spiro atoms. The molecule has 0 aliphatic heterocycles. The van der Waals surface area contributed by atoms with Gasteiger partial charge in [-0.25, -0.2) is 4.98 Å². The summed E-state index contributed by atoms with van der Waals surface area (Å²) >= 11 is 0. The fraction of sp³-hybridized carbons (Fsp3) is 0.636. The van der Waals surface area contributed by atoms with Gasteiger partial charge in [-0.2, -0.15) is 0 Å². The summed E-state index contributed by atoms with van der Waals surface area (Å²) in [6, 6.07) is 0. The highest BCUT2D eigenvalue weighted by atomic mass is 16.3. The van der Waals surface area contributed by atoms with Crippen LogP contribution in [-0.4, -0.2) is 40.4 Å². The molecule has 16 heavy (non-hydrogen) atoms. The number of anilines is 1. The van der Waals surface area contributed by atoms with Gasteiger partial charge in [0.1, 0.15) is 5.82 Å². The van der Waals surface area contributed by atoms with Crippen LogP contribution in [0.2, 0.25) is 0 Å². The smallest absolute Gasteiger partial charge is 0.146 e. The number of aliphatic hydroxyl groups is 2. The Morgan fingerprint density at radius 1 is 1.12 bits per heavy atom. The van der Waals surface area contributed by atoms with Crippen molar-refractivity contribution < 1.29 is 10.2 Å². The van der Waals surface area contributed by atoms with E-state index < -0.39 is 0 Å².